The van der Waals surface area contributed by atoms with Gasteiger partial charge in [-0.15, -0.1) is 6.58 Å². The molecule has 3 aliphatic heterocycles. The zero-order valence-corrected chi connectivity index (χ0v) is 20.8. The number of carbonyl (C=O) groups excluding carboxylic acids is 3. The van der Waals surface area contributed by atoms with Crippen LogP contribution in [0.1, 0.15) is 43.9 Å². The van der Waals surface area contributed by atoms with E-state index in [9.17, 15) is 27.6 Å². The Hall–Kier alpha value is -3.34. The number of nitrogens with one attached hydrogen (secondary N) is 2. The molecule has 0 saturated carbocycles. The molecule has 0 spiro atoms. The molecular weight excluding hydrogens is 489 g/mol. The number of halogens is 3. The molecule has 0 aliphatic carbocycles. The summed E-state index contributed by atoms with van der Waals surface area (Å²) in [5.74, 6) is -1.26. The fourth-order valence-corrected chi connectivity index (χ4v) is 5.23. The van der Waals surface area contributed by atoms with Gasteiger partial charge in [0.15, 0.2) is 0 Å². The Balaban J connectivity index is 1.70. The van der Waals surface area contributed by atoms with Crippen molar-refractivity contribution in [3.05, 3.63) is 59.3 Å². The van der Waals surface area contributed by atoms with Crippen LogP contribution in [-0.2, 0) is 20.5 Å². The van der Waals surface area contributed by atoms with E-state index in [2.05, 4.69) is 17.2 Å². The summed E-state index contributed by atoms with van der Waals surface area (Å²) in [7, 11) is 0. The minimum atomic E-state index is -4.69. The van der Waals surface area contributed by atoms with Gasteiger partial charge in [-0.3, -0.25) is 14.5 Å². The number of rotatable bonds is 8. The topological polar surface area (TPSA) is 91.0 Å². The van der Waals surface area contributed by atoms with Crippen molar-refractivity contribution < 1.29 is 32.3 Å². The highest BCUT2D eigenvalue weighted by Gasteiger charge is 2.49. The number of amides is 4. The summed E-state index contributed by atoms with van der Waals surface area (Å²) in [6.07, 6.45) is -1.57. The molecule has 0 unspecified atom stereocenters. The Morgan fingerprint density at radius 1 is 1.30 bits per heavy atom. The van der Waals surface area contributed by atoms with Gasteiger partial charge in [0.2, 0.25) is 5.91 Å². The SMILES string of the molecule is C=CCN1C(=O)N[C@H](c2ccccc2C(F)(F)F)C2=C1CN([C@@H](C(=O)NC[C@H]1CCCO1)C(C)C)C2=O. The summed E-state index contributed by atoms with van der Waals surface area (Å²) < 4.78 is 47.1. The highest BCUT2D eigenvalue weighted by molar-refractivity contribution is 6.03. The summed E-state index contributed by atoms with van der Waals surface area (Å²) in [6, 6.07) is 2.02. The second kappa shape index (κ2) is 10.6. The molecule has 3 aliphatic rings. The first-order valence-corrected chi connectivity index (χ1v) is 12.3. The van der Waals surface area contributed by atoms with Crippen molar-refractivity contribution in [2.24, 2.45) is 5.92 Å². The molecule has 2 N–H and O–H groups in total. The van der Waals surface area contributed by atoms with Crippen LogP contribution in [-0.4, -0.2) is 66.0 Å². The minimum Gasteiger partial charge on any atom is -0.376 e. The van der Waals surface area contributed by atoms with Gasteiger partial charge in [-0.2, -0.15) is 13.2 Å². The van der Waals surface area contributed by atoms with E-state index in [1.807, 2.05) is 0 Å². The van der Waals surface area contributed by atoms with Crippen LogP contribution in [0.15, 0.2) is 48.2 Å². The highest BCUT2D eigenvalue weighted by Crippen LogP contribution is 2.42. The molecule has 1 saturated heterocycles. The van der Waals surface area contributed by atoms with Gasteiger partial charge in [0.05, 0.1) is 35.5 Å². The van der Waals surface area contributed by atoms with Crippen LogP contribution in [0.4, 0.5) is 18.0 Å². The van der Waals surface area contributed by atoms with Crippen molar-refractivity contribution >= 4 is 17.8 Å². The number of hydrogen-bond acceptors (Lipinski definition) is 4. The van der Waals surface area contributed by atoms with E-state index in [1.54, 1.807) is 13.8 Å². The standard InChI is InChI=1S/C26H31F3N4O4/c1-4-11-32-19-14-33(22(15(2)3)23(34)30-13-16-8-7-12-37-16)24(35)20(19)21(31-25(32)36)17-9-5-6-10-18(17)26(27,28)29/h4-6,9-10,15-16,21-22H,1,7-8,11-14H2,2-3H3,(H,30,34)(H,31,36)/t16-,21-,22-/m1/s1. The predicted molar refractivity (Wildman–Crippen MR) is 129 cm³/mol. The fourth-order valence-electron chi connectivity index (χ4n) is 5.23. The Bertz CT molecular complexity index is 1110. The smallest absolute Gasteiger partial charge is 0.376 e. The summed E-state index contributed by atoms with van der Waals surface area (Å²) >= 11 is 0. The van der Waals surface area contributed by atoms with Crippen molar-refractivity contribution in [1.82, 2.24) is 20.4 Å². The second-order valence-corrected chi connectivity index (χ2v) is 9.73. The zero-order chi connectivity index (χ0) is 26.9. The van der Waals surface area contributed by atoms with Crippen molar-refractivity contribution in [2.75, 3.05) is 26.2 Å². The molecule has 8 nitrogen and oxygen atoms in total. The van der Waals surface area contributed by atoms with E-state index in [0.717, 1.165) is 18.9 Å². The van der Waals surface area contributed by atoms with E-state index >= 15 is 0 Å². The number of benzene rings is 1. The van der Waals surface area contributed by atoms with E-state index in [1.165, 1.54) is 34.1 Å². The van der Waals surface area contributed by atoms with Gasteiger partial charge in [-0.05, 0) is 30.4 Å². The Morgan fingerprint density at radius 2 is 2.03 bits per heavy atom. The molecule has 3 atom stereocenters. The molecule has 4 rings (SSSR count). The zero-order valence-electron chi connectivity index (χ0n) is 20.8. The largest absolute Gasteiger partial charge is 0.416 e. The lowest BCUT2D eigenvalue weighted by atomic mass is 9.91. The Morgan fingerprint density at radius 3 is 2.65 bits per heavy atom. The van der Waals surface area contributed by atoms with Crippen LogP contribution < -0.4 is 10.6 Å². The van der Waals surface area contributed by atoms with Gasteiger partial charge in [-0.25, -0.2) is 4.79 Å². The van der Waals surface area contributed by atoms with E-state index in [-0.39, 0.29) is 47.9 Å². The summed E-state index contributed by atoms with van der Waals surface area (Å²) in [6.45, 7) is 8.15. The maximum absolute atomic E-state index is 13.9. The van der Waals surface area contributed by atoms with Gasteiger partial charge < -0.3 is 20.3 Å². The van der Waals surface area contributed by atoms with Crippen molar-refractivity contribution in [1.29, 1.82) is 0 Å². The van der Waals surface area contributed by atoms with Crippen LogP contribution >= 0.6 is 0 Å². The van der Waals surface area contributed by atoms with Crippen LogP contribution in [0.25, 0.3) is 0 Å². The maximum atomic E-state index is 13.9. The van der Waals surface area contributed by atoms with Crippen molar-refractivity contribution in [3.63, 3.8) is 0 Å². The molecule has 1 aromatic carbocycles. The minimum absolute atomic E-state index is 0.0238. The van der Waals surface area contributed by atoms with Gasteiger partial charge in [0.25, 0.3) is 5.91 Å². The third-order valence-electron chi connectivity index (χ3n) is 6.90. The van der Waals surface area contributed by atoms with Gasteiger partial charge in [0.1, 0.15) is 6.04 Å². The average molecular weight is 521 g/mol. The maximum Gasteiger partial charge on any atom is 0.416 e. The molecule has 0 bridgehead atoms. The van der Waals surface area contributed by atoms with E-state index in [4.69, 9.17) is 4.74 Å². The highest BCUT2D eigenvalue weighted by atomic mass is 19.4. The third kappa shape index (κ3) is 5.22. The molecule has 1 fully saturated rings. The first kappa shape index (κ1) is 26.7. The summed E-state index contributed by atoms with van der Waals surface area (Å²) in [5.41, 5.74) is -0.873. The van der Waals surface area contributed by atoms with Crippen LogP contribution in [0.3, 0.4) is 0 Å². The first-order chi connectivity index (χ1) is 17.5. The van der Waals surface area contributed by atoms with E-state index < -0.39 is 35.8 Å². The number of ether oxygens (including phenoxy) is 1. The number of urea groups is 1. The molecule has 3 heterocycles. The first-order valence-electron chi connectivity index (χ1n) is 12.3. The lowest BCUT2D eigenvalue weighted by Crippen LogP contribution is -2.52. The van der Waals surface area contributed by atoms with Gasteiger partial charge >= 0.3 is 12.2 Å². The molecule has 1 aromatic rings. The monoisotopic (exact) mass is 520 g/mol. The molecule has 0 aromatic heterocycles. The lowest BCUT2D eigenvalue weighted by molar-refractivity contribution is -0.139. The molecule has 0 radical (unpaired) electrons. The molecule has 200 valence electrons. The predicted octanol–water partition coefficient (Wildman–Crippen LogP) is 3.37. The number of alkyl halides is 3. The van der Waals surface area contributed by atoms with Gasteiger partial charge in [0, 0.05) is 19.7 Å². The number of hydrogen-bond donors (Lipinski definition) is 2. The van der Waals surface area contributed by atoms with Crippen LogP contribution in [0.2, 0.25) is 0 Å². The fraction of sp³-hybridized carbons (Fsp3) is 0.500. The average Bonchev–Trinajstić information content (AvgIpc) is 3.47. The lowest BCUT2D eigenvalue weighted by Gasteiger charge is -2.33. The molecular formula is C26H31F3N4O4. The Kier molecular flexibility index (Phi) is 7.63. The molecule has 37 heavy (non-hydrogen) atoms. The third-order valence-corrected chi connectivity index (χ3v) is 6.90. The second-order valence-electron chi connectivity index (χ2n) is 9.73. The Labute approximate surface area is 213 Å². The van der Waals surface area contributed by atoms with Crippen LogP contribution in [0, 0.1) is 5.92 Å². The summed E-state index contributed by atoms with van der Waals surface area (Å²) in [5, 5.41) is 5.44. The van der Waals surface area contributed by atoms with Crippen molar-refractivity contribution in [3.8, 4) is 0 Å². The van der Waals surface area contributed by atoms with E-state index in [0.29, 0.717) is 13.2 Å². The quantitative estimate of drug-likeness (QED) is 0.515. The normalized spacial score (nSPS) is 22.9. The van der Waals surface area contributed by atoms with Crippen molar-refractivity contribution in [2.45, 2.75) is 51.1 Å². The van der Waals surface area contributed by atoms with Gasteiger partial charge in [-0.1, -0.05) is 38.1 Å². The number of carbonyl (C=O) groups is 3. The van der Waals surface area contributed by atoms with Crippen LogP contribution in [0.5, 0.6) is 0 Å². The number of nitrogens with zero attached hydrogens (tertiary/aromatic N) is 2. The summed E-state index contributed by atoms with van der Waals surface area (Å²) in [4.78, 5) is 42.7. The molecule has 4 amide bonds. The molecule has 11 heteroatoms.